The average molecular weight is 234 g/mol. The fourth-order valence-electron chi connectivity index (χ4n) is 2.04. The second-order valence-corrected chi connectivity index (χ2v) is 4.46. The van der Waals surface area contributed by atoms with Crippen molar-refractivity contribution in [3.63, 3.8) is 0 Å². The molecule has 17 heavy (non-hydrogen) atoms. The Kier molecular flexibility index (Phi) is 3.93. The molecule has 5 nitrogen and oxygen atoms in total. The van der Waals surface area contributed by atoms with Crippen molar-refractivity contribution in [1.29, 1.82) is 0 Å². The van der Waals surface area contributed by atoms with Crippen LogP contribution in [0.1, 0.15) is 31.4 Å². The number of nitrogens with one attached hydrogen (secondary N) is 2. The normalized spacial score (nSPS) is 25.0. The van der Waals surface area contributed by atoms with Gasteiger partial charge in [0.15, 0.2) is 0 Å². The Morgan fingerprint density at radius 1 is 1.47 bits per heavy atom. The summed E-state index contributed by atoms with van der Waals surface area (Å²) in [5, 5.41) is 2.99. The standard InChI is InChI=1S/C12H18N4O/c13-9-1-3-10(4-2-9)16-12(17)6-5-11-7-14-8-15-11/h5-10H,1-4,13H2,(H,14,15)(H,16,17)/b6-5+. The summed E-state index contributed by atoms with van der Waals surface area (Å²) in [7, 11) is 0. The molecule has 92 valence electrons. The van der Waals surface area contributed by atoms with Crippen molar-refractivity contribution in [1.82, 2.24) is 15.3 Å². The summed E-state index contributed by atoms with van der Waals surface area (Å²) in [4.78, 5) is 18.4. The first-order valence-corrected chi connectivity index (χ1v) is 5.96. The van der Waals surface area contributed by atoms with Crippen LogP contribution in [0.2, 0.25) is 0 Å². The van der Waals surface area contributed by atoms with Crippen LogP contribution in [0, 0.1) is 0 Å². The quantitative estimate of drug-likeness (QED) is 0.677. The number of hydrogen-bond acceptors (Lipinski definition) is 3. The first-order chi connectivity index (χ1) is 8.24. The molecule has 0 radical (unpaired) electrons. The summed E-state index contributed by atoms with van der Waals surface area (Å²) in [5.74, 6) is -0.0555. The zero-order chi connectivity index (χ0) is 12.1. The Bertz CT molecular complexity index is 377. The van der Waals surface area contributed by atoms with Crippen molar-refractivity contribution < 1.29 is 4.79 Å². The third-order valence-electron chi connectivity index (χ3n) is 3.05. The van der Waals surface area contributed by atoms with Crippen LogP contribution in [0.4, 0.5) is 0 Å². The lowest BCUT2D eigenvalue weighted by atomic mass is 9.92. The number of nitrogens with zero attached hydrogens (tertiary/aromatic N) is 1. The number of nitrogens with two attached hydrogens (primary N) is 1. The fraction of sp³-hybridized carbons (Fsp3) is 0.500. The van der Waals surface area contributed by atoms with Crippen LogP contribution < -0.4 is 11.1 Å². The van der Waals surface area contributed by atoms with E-state index in [1.807, 2.05) is 0 Å². The lowest BCUT2D eigenvalue weighted by Gasteiger charge is -2.26. The maximum absolute atomic E-state index is 11.6. The molecule has 2 rings (SSSR count). The van der Waals surface area contributed by atoms with E-state index in [1.165, 1.54) is 6.08 Å². The van der Waals surface area contributed by atoms with E-state index in [2.05, 4.69) is 15.3 Å². The van der Waals surface area contributed by atoms with Crippen molar-refractivity contribution in [3.05, 3.63) is 24.3 Å². The van der Waals surface area contributed by atoms with Crippen LogP contribution in [-0.2, 0) is 4.79 Å². The second-order valence-electron chi connectivity index (χ2n) is 4.46. The van der Waals surface area contributed by atoms with E-state index in [-0.39, 0.29) is 11.9 Å². The summed E-state index contributed by atoms with van der Waals surface area (Å²) in [5.41, 5.74) is 6.64. The van der Waals surface area contributed by atoms with E-state index >= 15 is 0 Å². The maximum Gasteiger partial charge on any atom is 0.244 e. The molecule has 1 aromatic rings. The van der Waals surface area contributed by atoms with E-state index in [0.29, 0.717) is 6.04 Å². The van der Waals surface area contributed by atoms with Gasteiger partial charge in [-0.1, -0.05) is 0 Å². The van der Waals surface area contributed by atoms with Gasteiger partial charge in [0.2, 0.25) is 5.91 Å². The smallest absolute Gasteiger partial charge is 0.244 e. The van der Waals surface area contributed by atoms with Crippen molar-refractivity contribution in [3.8, 4) is 0 Å². The molecule has 0 unspecified atom stereocenters. The van der Waals surface area contributed by atoms with Gasteiger partial charge in [-0.05, 0) is 31.8 Å². The predicted octanol–water partition coefficient (Wildman–Crippen LogP) is 0.809. The van der Waals surface area contributed by atoms with Crippen molar-refractivity contribution in [2.24, 2.45) is 5.73 Å². The summed E-state index contributed by atoms with van der Waals surface area (Å²) in [6.45, 7) is 0. The molecule has 0 atom stereocenters. The van der Waals surface area contributed by atoms with Gasteiger partial charge in [0.1, 0.15) is 0 Å². The zero-order valence-corrected chi connectivity index (χ0v) is 9.73. The molecule has 4 N–H and O–H groups in total. The van der Waals surface area contributed by atoms with Gasteiger partial charge in [-0.25, -0.2) is 4.98 Å². The minimum atomic E-state index is -0.0555. The van der Waals surface area contributed by atoms with E-state index in [0.717, 1.165) is 31.4 Å². The molecular weight excluding hydrogens is 216 g/mol. The highest BCUT2D eigenvalue weighted by atomic mass is 16.1. The van der Waals surface area contributed by atoms with Crippen LogP contribution in [-0.4, -0.2) is 28.0 Å². The number of carbonyl (C=O) groups excluding carboxylic acids is 1. The molecule has 0 aromatic carbocycles. The van der Waals surface area contributed by atoms with E-state index in [1.54, 1.807) is 18.6 Å². The van der Waals surface area contributed by atoms with E-state index in [4.69, 9.17) is 5.73 Å². The van der Waals surface area contributed by atoms with Gasteiger partial charge in [-0.15, -0.1) is 0 Å². The maximum atomic E-state index is 11.6. The van der Waals surface area contributed by atoms with Gasteiger partial charge in [-0.3, -0.25) is 4.79 Å². The lowest BCUT2D eigenvalue weighted by molar-refractivity contribution is -0.117. The Morgan fingerprint density at radius 3 is 2.88 bits per heavy atom. The Labute approximate surface area is 101 Å². The number of imidazole rings is 1. The topological polar surface area (TPSA) is 83.8 Å². The summed E-state index contributed by atoms with van der Waals surface area (Å²) < 4.78 is 0. The SMILES string of the molecule is NC1CCC(NC(=O)/C=C/c2cnc[nH]2)CC1. The number of aromatic nitrogens is 2. The first kappa shape index (κ1) is 11.9. The molecule has 0 bridgehead atoms. The molecule has 0 saturated heterocycles. The molecule has 1 heterocycles. The monoisotopic (exact) mass is 234 g/mol. The summed E-state index contributed by atoms with van der Waals surface area (Å²) >= 11 is 0. The summed E-state index contributed by atoms with van der Waals surface area (Å²) in [6, 6.07) is 0.581. The van der Waals surface area contributed by atoms with Crippen LogP contribution in [0.25, 0.3) is 6.08 Å². The van der Waals surface area contributed by atoms with Gasteiger partial charge in [0.05, 0.1) is 18.2 Å². The Balaban J connectivity index is 1.77. The third kappa shape index (κ3) is 3.71. The van der Waals surface area contributed by atoms with Gasteiger partial charge >= 0.3 is 0 Å². The first-order valence-electron chi connectivity index (χ1n) is 5.96. The molecule has 1 amide bonds. The minimum Gasteiger partial charge on any atom is -0.350 e. The van der Waals surface area contributed by atoms with Crippen LogP contribution in [0.5, 0.6) is 0 Å². The average Bonchev–Trinajstić information content (AvgIpc) is 2.83. The second kappa shape index (κ2) is 5.63. The number of amides is 1. The third-order valence-corrected chi connectivity index (χ3v) is 3.05. The largest absolute Gasteiger partial charge is 0.350 e. The highest BCUT2D eigenvalue weighted by Crippen LogP contribution is 2.16. The molecule has 1 aromatic heterocycles. The van der Waals surface area contributed by atoms with Crippen molar-refractivity contribution in [2.45, 2.75) is 37.8 Å². The lowest BCUT2D eigenvalue weighted by Crippen LogP contribution is -2.39. The van der Waals surface area contributed by atoms with Gasteiger partial charge in [-0.2, -0.15) is 0 Å². The van der Waals surface area contributed by atoms with Crippen LogP contribution in [0.15, 0.2) is 18.6 Å². The Hall–Kier alpha value is -1.62. The predicted molar refractivity (Wildman–Crippen MR) is 66.0 cm³/mol. The number of rotatable bonds is 3. The van der Waals surface area contributed by atoms with Crippen LogP contribution >= 0.6 is 0 Å². The molecule has 0 spiro atoms. The van der Waals surface area contributed by atoms with Crippen molar-refractivity contribution in [2.75, 3.05) is 0 Å². The number of hydrogen-bond donors (Lipinski definition) is 3. The molecule has 0 aliphatic heterocycles. The molecule has 1 saturated carbocycles. The minimum absolute atomic E-state index is 0.0555. The molecule has 5 heteroatoms. The van der Waals surface area contributed by atoms with Crippen LogP contribution in [0.3, 0.4) is 0 Å². The number of H-pyrrole nitrogens is 1. The van der Waals surface area contributed by atoms with E-state index in [9.17, 15) is 4.79 Å². The molecule has 1 aliphatic carbocycles. The molecular formula is C12H18N4O. The molecule has 1 fully saturated rings. The number of carbonyl (C=O) groups is 1. The fourth-order valence-corrected chi connectivity index (χ4v) is 2.04. The highest BCUT2D eigenvalue weighted by Gasteiger charge is 2.18. The number of aromatic amines is 1. The van der Waals surface area contributed by atoms with Gasteiger partial charge < -0.3 is 16.0 Å². The zero-order valence-electron chi connectivity index (χ0n) is 9.73. The highest BCUT2D eigenvalue weighted by molar-refractivity contribution is 5.91. The summed E-state index contributed by atoms with van der Waals surface area (Å²) in [6.07, 6.45) is 10.4. The van der Waals surface area contributed by atoms with Crippen molar-refractivity contribution >= 4 is 12.0 Å². The van der Waals surface area contributed by atoms with E-state index < -0.39 is 0 Å². The van der Waals surface area contributed by atoms with Gasteiger partial charge in [0.25, 0.3) is 0 Å². The van der Waals surface area contributed by atoms with Gasteiger partial charge in [0, 0.05) is 18.2 Å². The molecule has 1 aliphatic rings. The Morgan fingerprint density at radius 2 is 2.24 bits per heavy atom.